The van der Waals surface area contributed by atoms with E-state index in [1.807, 2.05) is 13.8 Å². The van der Waals surface area contributed by atoms with Gasteiger partial charge < -0.3 is 14.2 Å². The zero-order chi connectivity index (χ0) is 18.6. The summed E-state index contributed by atoms with van der Waals surface area (Å²) in [5, 5.41) is 0. The summed E-state index contributed by atoms with van der Waals surface area (Å²) >= 11 is 0. The predicted molar refractivity (Wildman–Crippen MR) is 97.4 cm³/mol. The third-order valence-corrected chi connectivity index (χ3v) is 5.15. The maximum absolute atomic E-state index is 12.8. The number of anilines is 1. The van der Waals surface area contributed by atoms with Gasteiger partial charge in [-0.25, -0.2) is 8.42 Å². The van der Waals surface area contributed by atoms with Gasteiger partial charge in [0.1, 0.15) is 17.2 Å². The molecule has 2 aromatic carbocycles. The van der Waals surface area contributed by atoms with Crippen molar-refractivity contribution in [1.82, 2.24) is 0 Å². The number of hydrogen-bond acceptors (Lipinski definition) is 5. The van der Waals surface area contributed by atoms with Gasteiger partial charge >= 0.3 is 0 Å². The molecule has 2 aromatic rings. The van der Waals surface area contributed by atoms with Gasteiger partial charge in [0.15, 0.2) is 0 Å². The lowest BCUT2D eigenvalue weighted by Gasteiger charge is -2.16. The molecule has 0 spiro atoms. The monoisotopic (exact) mass is 365 g/mol. The van der Waals surface area contributed by atoms with Crippen LogP contribution in [0.5, 0.6) is 17.2 Å². The maximum Gasteiger partial charge on any atom is 0.262 e. The largest absolute Gasteiger partial charge is 0.497 e. The van der Waals surface area contributed by atoms with Crippen molar-refractivity contribution in [3.05, 3.63) is 42.0 Å². The summed E-state index contributed by atoms with van der Waals surface area (Å²) < 4.78 is 43.7. The molecule has 0 aliphatic heterocycles. The summed E-state index contributed by atoms with van der Waals surface area (Å²) in [4.78, 5) is 0.162. The summed E-state index contributed by atoms with van der Waals surface area (Å²) in [6.45, 7) is 3.96. The second-order valence-electron chi connectivity index (χ2n) is 5.73. The van der Waals surface area contributed by atoms with E-state index in [4.69, 9.17) is 14.2 Å². The van der Waals surface area contributed by atoms with Crippen molar-refractivity contribution in [2.24, 2.45) is 0 Å². The lowest BCUT2D eigenvalue weighted by Crippen LogP contribution is -2.14. The Morgan fingerprint density at radius 1 is 0.880 bits per heavy atom. The Balaban J connectivity index is 2.41. The third kappa shape index (κ3) is 4.17. The molecule has 0 bridgehead atoms. The molecule has 0 atom stereocenters. The number of hydrogen-bond donors (Lipinski definition) is 1. The quantitative estimate of drug-likeness (QED) is 0.811. The molecular weight excluding hydrogens is 342 g/mol. The van der Waals surface area contributed by atoms with Gasteiger partial charge in [-0.2, -0.15) is 0 Å². The van der Waals surface area contributed by atoms with Gasteiger partial charge in [0, 0.05) is 6.07 Å². The molecule has 136 valence electrons. The van der Waals surface area contributed by atoms with Crippen LogP contribution in [-0.2, 0) is 10.0 Å². The average molecular weight is 365 g/mol. The lowest BCUT2D eigenvalue weighted by molar-refractivity contribution is 0.395. The summed E-state index contributed by atoms with van der Waals surface area (Å²) in [6, 6.07) is 9.68. The van der Waals surface area contributed by atoms with Gasteiger partial charge in [-0.05, 0) is 41.8 Å². The molecule has 6 nitrogen and oxygen atoms in total. The molecule has 0 saturated heterocycles. The zero-order valence-corrected chi connectivity index (χ0v) is 15.8. The van der Waals surface area contributed by atoms with Crippen molar-refractivity contribution in [2.75, 3.05) is 26.1 Å². The summed E-state index contributed by atoms with van der Waals surface area (Å²) in [7, 11) is 0.793. The Morgan fingerprint density at radius 3 is 2.12 bits per heavy atom. The highest BCUT2D eigenvalue weighted by Gasteiger charge is 2.20. The minimum Gasteiger partial charge on any atom is -0.497 e. The van der Waals surface area contributed by atoms with Gasteiger partial charge in [-0.1, -0.05) is 13.8 Å². The average Bonchev–Trinajstić information content (AvgIpc) is 2.61. The van der Waals surface area contributed by atoms with E-state index >= 15 is 0 Å². The number of sulfonamides is 1. The molecule has 0 saturated carbocycles. The number of ether oxygens (including phenoxy) is 3. The second-order valence-corrected chi connectivity index (χ2v) is 7.41. The fourth-order valence-electron chi connectivity index (χ4n) is 2.42. The molecule has 25 heavy (non-hydrogen) atoms. The Hall–Kier alpha value is -2.41. The van der Waals surface area contributed by atoms with Gasteiger partial charge in [0.2, 0.25) is 0 Å². The normalized spacial score (nSPS) is 11.3. The van der Waals surface area contributed by atoms with Gasteiger partial charge in [0.05, 0.1) is 31.9 Å². The highest BCUT2D eigenvalue weighted by molar-refractivity contribution is 7.92. The molecule has 0 fully saturated rings. The van der Waals surface area contributed by atoms with E-state index in [0.717, 1.165) is 5.56 Å². The highest BCUT2D eigenvalue weighted by atomic mass is 32.2. The van der Waals surface area contributed by atoms with Crippen molar-refractivity contribution in [1.29, 1.82) is 0 Å². The summed E-state index contributed by atoms with van der Waals surface area (Å²) in [5.74, 6) is 1.74. The summed E-state index contributed by atoms with van der Waals surface area (Å²) in [6.07, 6.45) is 0. The van der Waals surface area contributed by atoms with E-state index in [2.05, 4.69) is 4.72 Å². The van der Waals surface area contributed by atoms with Crippen LogP contribution in [0.1, 0.15) is 25.3 Å². The van der Waals surface area contributed by atoms with Crippen LogP contribution >= 0.6 is 0 Å². The first-order valence-corrected chi connectivity index (χ1v) is 9.23. The van der Waals surface area contributed by atoms with Crippen molar-refractivity contribution in [2.45, 2.75) is 24.7 Å². The molecule has 2 rings (SSSR count). The molecule has 0 aliphatic rings. The summed E-state index contributed by atoms with van der Waals surface area (Å²) in [5.41, 5.74) is 1.16. The van der Waals surface area contributed by atoms with Crippen LogP contribution in [0.3, 0.4) is 0 Å². The van der Waals surface area contributed by atoms with E-state index in [-0.39, 0.29) is 10.8 Å². The Bertz CT molecular complexity index is 847. The Labute approximate surface area is 148 Å². The number of nitrogens with one attached hydrogen (secondary N) is 1. The lowest BCUT2D eigenvalue weighted by atomic mass is 10.0. The van der Waals surface area contributed by atoms with E-state index < -0.39 is 10.0 Å². The molecule has 0 aromatic heterocycles. The fourth-order valence-corrected chi connectivity index (χ4v) is 3.52. The third-order valence-electron chi connectivity index (χ3n) is 3.79. The Morgan fingerprint density at radius 2 is 1.56 bits per heavy atom. The number of rotatable bonds is 7. The van der Waals surface area contributed by atoms with Gasteiger partial charge in [-0.15, -0.1) is 0 Å². The molecule has 1 N–H and O–H groups in total. The van der Waals surface area contributed by atoms with Crippen LogP contribution in [0.2, 0.25) is 0 Å². The minimum absolute atomic E-state index is 0.126. The highest BCUT2D eigenvalue weighted by Crippen LogP contribution is 2.33. The standard InChI is InChI=1S/C18H23NO5S/c1-12(2)15-11-14(7-9-17(15)23-4)25(20,21)19-16-8-6-13(22-3)10-18(16)24-5/h6-12,19H,1-5H3. The van der Waals surface area contributed by atoms with Crippen molar-refractivity contribution in [3.63, 3.8) is 0 Å². The zero-order valence-electron chi connectivity index (χ0n) is 15.0. The number of benzene rings is 2. The predicted octanol–water partition coefficient (Wildman–Crippen LogP) is 3.64. The van der Waals surface area contributed by atoms with E-state index in [1.165, 1.54) is 20.3 Å². The first-order valence-electron chi connectivity index (χ1n) is 7.75. The van der Waals surface area contributed by atoms with Crippen LogP contribution in [0.25, 0.3) is 0 Å². The molecule has 0 unspecified atom stereocenters. The molecule has 0 amide bonds. The molecule has 7 heteroatoms. The number of methoxy groups -OCH3 is 3. The topological polar surface area (TPSA) is 73.9 Å². The molecular formula is C18H23NO5S. The molecule has 0 aliphatic carbocycles. The fraction of sp³-hybridized carbons (Fsp3) is 0.333. The van der Waals surface area contributed by atoms with Crippen LogP contribution in [0.15, 0.2) is 41.3 Å². The Kier molecular flexibility index (Phi) is 5.79. The SMILES string of the molecule is COc1ccc(NS(=O)(=O)c2ccc(OC)c(C(C)C)c2)c(OC)c1. The van der Waals surface area contributed by atoms with Crippen molar-refractivity contribution >= 4 is 15.7 Å². The first-order chi connectivity index (χ1) is 11.8. The van der Waals surface area contributed by atoms with E-state index in [9.17, 15) is 8.42 Å². The molecule has 0 radical (unpaired) electrons. The maximum atomic E-state index is 12.8. The van der Waals surface area contributed by atoms with Crippen molar-refractivity contribution in [3.8, 4) is 17.2 Å². The first kappa shape index (κ1) is 18.9. The van der Waals surface area contributed by atoms with E-state index in [1.54, 1.807) is 37.4 Å². The van der Waals surface area contributed by atoms with Crippen LogP contribution in [0, 0.1) is 0 Å². The van der Waals surface area contributed by atoms with Gasteiger partial charge in [0.25, 0.3) is 10.0 Å². The smallest absolute Gasteiger partial charge is 0.262 e. The van der Waals surface area contributed by atoms with Crippen LogP contribution in [-0.4, -0.2) is 29.7 Å². The molecule has 0 heterocycles. The van der Waals surface area contributed by atoms with Crippen molar-refractivity contribution < 1.29 is 22.6 Å². The van der Waals surface area contributed by atoms with Crippen LogP contribution < -0.4 is 18.9 Å². The second kappa shape index (κ2) is 7.65. The van der Waals surface area contributed by atoms with E-state index in [0.29, 0.717) is 22.9 Å². The minimum atomic E-state index is -3.77. The van der Waals surface area contributed by atoms with Crippen LogP contribution in [0.4, 0.5) is 5.69 Å². The van der Waals surface area contributed by atoms with Gasteiger partial charge in [-0.3, -0.25) is 4.72 Å².